The summed E-state index contributed by atoms with van der Waals surface area (Å²) in [7, 11) is 0. The van der Waals surface area contributed by atoms with E-state index in [0.717, 1.165) is 0 Å². The van der Waals surface area contributed by atoms with Crippen molar-refractivity contribution in [2.24, 2.45) is 0 Å². The van der Waals surface area contributed by atoms with Crippen LogP contribution in [0.15, 0.2) is 30.3 Å². The van der Waals surface area contributed by atoms with Gasteiger partial charge in [0, 0.05) is 21.1 Å². The van der Waals surface area contributed by atoms with Crippen LogP contribution in [0.2, 0.25) is 0 Å². The molecule has 0 radical (unpaired) electrons. The molecule has 0 aromatic heterocycles. The first-order valence-electron chi connectivity index (χ1n) is 3.89. The molecule has 1 aromatic carbocycles. The van der Waals surface area contributed by atoms with E-state index in [9.17, 15) is 0 Å². The van der Waals surface area contributed by atoms with Crippen LogP contribution < -0.4 is 0 Å². The fraction of sp³-hybridized carbons (Fsp3) is 0.462. The quantitative estimate of drug-likeness (QED) is 0.653. The number of hydrogen-bond acceptors (Lipinski definition) is 0. The molecule has 1 rings (SSSR count). The molecule has 1 unspecified atom stereocenters. The summed E-state index contributed by atoms with van der Waals surface area (Å²) < 4.78 is 0. The van der Waals surface area contributed by atoms with Crippen molar-refractivity contribution in [2.45, 2.75) is 41.0 Å². The molecule has 0 bridgehead atoms. The Balaban J connectivity index is -0.000000125. The normalized spacial score (nSPS) is 9.29. The first-order valence-corrected chi connectivity index (χ1v) is 3.89. The molecule has 14 heavy (non-hydrogen) atoms. The van der Waals surface area contributed by atoms with Crippen molar-refractivity contribution in [3.8, 4) is 0 Å². The van der Waals surface area contributed by atoms with Crippen LogP contribution in [0, 0.1) is 7.43 Å². The van der Waals surface area contributed by atoms with Crippen molar-refractivity contribution in [2.75, 3.05) is 0 Å². The van der Waals surface area contributed by atoms with Crippen molar-refractivity contribution in [3.63, 3.8) is 0 Å². The Hall–Kier alpha value is -0.0917. The maximum atomic E-state index is 2.26. The Bertz CT molecular complexity index is 182. The maximum Gasteiger partial charge on any atom is 0 e. The summed E-state index contributed by atoms with van der Waals surface area (Å²) >= 11 is 0. The van der Waals surface area contributed by atoms with Crippen molar-refractivity contribution in [3.05, 3.63) is 43.3 Å². The van der Waals surface area contributed by atoms with Gasteiger partial charge in [-0.05, 0) is 17.9 Å². The zero-order chi connectivity index (χ0) is 7.40. The first-order chi connectivity index (χ1) is 4.84. The molecule has 0 aliphatic heterocycles. The summed E-state index contributed by atoms with van der Waals surface area (Å²) in [6.45, 7) is 4.48. The molecule has 84 valence electrons. The van der Waals surface area contributed by atoms with Crippen LogP contribution in [0.25, 0.3) is 0 Å². The molecule has 0 saturated heterocycles. The van der Waals surface area contributed by atoms with Crippen LogP contribution >= 0.6 is 0 Å². The van der Waals surface area contributed by atoms with E-state index < -0.39 is 0 Å². The fourth-order valence-electron chi connectivity index (χ4n) is 1.02. The minimum absolute atomic E-state index is 0. The van der Waals surface area contributed by atoms with Gasteiger partial charge in [-0.1, -0.05) is 59.0 Å². The van der Waals surface area contributed by atoms with E-state index in [-0.39, 0.29) is 43.3 Å². The van der Waals surface area contributed by atoms with E-state index >= 15 is 0 Å². The van der Waals surface area contributed by atoms with Gasteiger partial charge >= 0.3 is 0 Å². The van der Waals surface area contributed by atoms with Gasteiger partial charge < -0.3 is 7.43 Å². The predicted octanol–water partition coefficient (Wildman–Crippen LogP) is 4.92. The van der Waals surface area contributed by atoms with Crippen molar-refractivity contribution >= 4 is 0 Å². The Morgan fingerprint density at radius 1 is 1.07 bits per heavy atom. The molecule has 0 aliphatic rings. The number of rotatable bonds is 2. The third-order valence-electron chi connectivity index (χ3n) is 1.98. The molecule has 0 fully saturated rings. The van der Waals surface area contributed by atoms with E-state index in [1.807, 2.05) is 0 Å². The van der Waals surface area contributed by atoms with Gasteiger partial charge in [0.25, 0.3) is 0 Å². The van der Waals surface area contributed by atoms with Crippen LogP contribution in [0.1, 0.15) is 46.6 Å². The molecule has 1 atom stereocenters. The number of hydrogen-bond donors (Lipinski definition) is 0. The summed E-state index contributed by atoms with van der Waals surface area (Å²) in [6, 6.07) is 10.6. The average Bonchev–Trinajstić information content (AvgIpc) is 2.05. The zero-order valence-electron chi connectivity index (χ0n) is 8.08. The average molecular weight is 365 g/mol. The molecule has 1 aromatic rings. The predicted molar refractivity (Wildman–Crippen MR) is 65.0 cm³/mol. The topological polar surface area (TPSA) is 0 Å². The molecule has 0 nitrogen and oxygen atoms in total. The molecule has 0 N–H and O–H groups in total. The van der Waals surface area contributed by atoms with Gasteiger partial charge in [-0.2, -0.15) is 0 Å². The van der Waals surface area contributed by atoms with Gasteiger partial charge in [-0.3, -0.25) is 0 Å². The van der Waals surface area contributed by atoms with Gasteiger partial charge in [-0.15, -0.1) is 0 Å². The minimum Gasteiger partial charge on any atom is -0.358 e. The summed E-state index contributed by atoms with van der Waals surface area (Å²) in [5.74, 6) is 0.709. The number of benzene rings is 1. The molecule has 1 heteroatoms. The van der Waals surface area contributed by atoms with Gasteiger partial charge in [-0.25, -0.2) is 0 Å². The second-order valence-electron chi connectivity index (χ2n) is 2.72. The molecular formula is C13H25W-. The largest absolute Gasteiger partial charge is 0.358 e. The molecule has 0 heterocycles. The minimum atomic E-state index is 0. The van der Waals surface area contributed by atoms with Crippen molar-refractivity contribution < 1.29 is 21.1 Å². The standard InChI is InChI=1S/C10H14.2CH4.CH3.W/c1-3-9(2)10-7-5-4-6-8-10;;;;/h4-9H,3H2,1-2H3;2*1H4;1H3;/q;;;-1;. The molecule has 0 aliphatic carbocycles. The van der Waals surface area contributed by atoms with Crippen LogP contribution in [-0.4, -0.2) is 0 Å². The molecular weight excluding hydrogens is 340 g/mol. The Kier molecular flexibility index (Phi) is 21.8. The second-order valence-corrected chi connectivity index (χ2v) is 2.72. The van der Waals surface area contributed by atoms with E-state index in [4.69, 9.17) is 0 Å². The second kappa shape index (κ2) is 12.9. The molecule has 0 amide bonds. The summed E-state index contributed by atoms with van der Waals surface area (Å²) in [5, 5.41) is 0. The molecule has 0 saturated carbocycles. The first kappa shape index (κ1) is 23.6. The maximum absolute atomic E-state index is 2.26. The van der Waals surface area contributed by atoms with Gasteiger partial charge in [0.05, 0.1) is 0 Å². The van der Waals surface area contributed by atoms with Gasteiger partial charge in [0.2, 0.25) is 0 Å². The molecule has 0 spiro atoms. The van der Waals surface area contributed by atoms with Crippen LogP contribution in [0.5, 0.6) is 0 Å². The Morgan fingerprint density at radius 3 is 1.86 bits per heavy atom. The monoisotopic (exact) mass is 365 g/mol. The summed E-state index contributed by atoms with van der Waals surface area (Å²) in [6.07, 6.45) is 1.23. The smallest absolute Gasteiger partial charge is 0 e. The van der Waals surface area contributed by atoms with Crippen LogP contribution in [0.4, 0.5) is 0 Å². The third kappa shape index (κ3) is 7.33. The van der Waals surface area contributed by atoms with Crippen LogP contribution in [-0.2, 0) is 21.1 Å². The van der Waals surface area contributed by atoms with Crippen molar-refractivity contribution in [1.29, 1.82) is 0 Å². The van der Waals surface area contributed by atoms with Gasteiger partial charge in [0.1, 0.15) is 0 Å². The van der Waals surface area contributed by atoms with Gasteiger partial charge in [0.15, 0.2) is 0 Å². The van der Waals surface area contributed by atoms with E-state index in [1.165, 1.54) is 12.0 Å². The summed E-state index contributed by atoms with van der Waals surface area (Å²) in [4.78, 5) is 0. The van der Waals surface area contributed by atoms with E-state index in [0.29, 0.717) is 5.92 Å². The van der Waals surface area contributed by atoms with E-state index in [2.05, 4.69) is 44.2 Å². The Morgan fingerprint density at radius 2 is 1.50 bits per heavy atom. The SMILES string of the molecule is C.C.CCC(C)c1ccccc1.[CH3-].[W]. The van der Waals surface area contributed by atoms with Crippen LogP contribution in [0.3, 0.4) is 0 Å². The van der Waals surface area contributed by atoms with E-state index in [1.54, 1.807) is 0 Å². The zero-order valence-corrected chi connectivity index (χ0v) is 11.0. The van der Waals surface area contributed by atoms with Crippen molar-refractivity contribution in [1.82, 2.24) is 0 Å². The third-order valence-corrected chi connectivity index (χ3v) is 1.98. The summed E-state index contributed by atoms with van der Waals surface area (Å²) in [5.41, 5.74) is 1.45. The Labute approximate surface area is 105 Å². The fourth-order valence-corrected chi connectivity index (χ4v) is 1.02.